The molecule has 0 saturated heterocycles. The zero-order valence-electron chi connectivity index (χ0n) is 13.3. The van der Waals surface area contributed by atoms with Gasteiger partial charge in [0.25, 0.3) is 0 Å². The highest BCUT2D eigenvalue weighted by Crippen LogP contribution is 2.28. The van der Waals surface area contributed by atoms with Crippen LogP contribution in [-0.2, 0) is 10.0 Å². The van der Waals surface area contributed by atoms with Crippen LogP contribution in [0.3, 0.4) is 0 Å². The Hall–Kier alpha value is -1.21. The van der Waals surface area contributed by atoms with Crippen LogP contribution in [0.15, 0.2) is 29.2 Å². The van der Waals surface area contributed by atoms with Gasteiger partial charge in [-0.15, -0.1) is 0 Å². The number of para-hydroxylation sites is 1. The van der Waals surface area contributed by atoms with Gasteiger partial charge in [0, 0.05) is 13.1 Å². The van der Waals surface area contributed by atoms with Gasteiger partial charge in [-0.3, -0.25) is 0 Å². The molecule has 0 aliphatic rings. The zero-order valence-corrected chi connectivity index (χ0v) is 14.1. The van der Waals surface area contributed by atoms with Crippen molar-refractivity contribution in [2.24, 2.45) is 11.8 Å². The summed E-state index contributed by atoms with van der Waals surface area (Å²) in [5, 5.41) is 0. The first-order valence-corrected chi connectivity index (χ1v) is 8.62. The number of ether oxygens (including phenoxy) is 1. The quantitative estimate of drug-likeness (QED) is 0.729. The predicted molar refractivity (Wildman–Crippen MR) is 81.5 cm³/mol. The van der Waals surface area contributed by atoms with Crippen molar-refractivity contribution in [3.8, 4) is 5.75 Å². The SMILES string of the molecule is CC(C)CN(CC(C)C)S(=O)(=O)c1ccccc1OC(F)F. The second-order valence-electron chi connectivity index (χ2n) is 5.93. The molecule has 0 atom stereocenters. The molecule has 0 aliphatic heterocycles. The molecule has 22 heavy (non-hydrogen) atoms. The monoisotopic (exact) mass is 335 g/mol. The van der Waals surface area contributed by atoms with E-state index in [1.807, 2.05) is 27.7 Å². The molecular formula is C15H23F2NO3S. The summed E-state index contributed by atoms with van der Waals surface area (Å²) in [5.41, 5.74) is 0. The molecule has 0 aromatic heterocycles. The zero-order chi connectivity index (χ0) is 16.9. The van der Waals surface area contributed by atoms with E-state index in [2.05, 4.69) is 4.74 Å². The first-order valence-electron chi connectivity index (χ1n) is 7.18. The normalized spacial score (nSPS) is 12.6. The summed E-state index contributed by atoms with van der Waals surface area (Å²) in [7, 11) is -3.89. The van der Waals surface area contributed by atoms with Crippen LogP contribution in [0.1, 0.15) is 27.7 Å². The first-order chi connectivity index (χ1) is 10.1. The summed E-state index contributed by atoms with van der Waals surface area (Å²) in [5.74, 6) is -0.0802. The Morgan fingerprint density at radius 2 is 1.55 bits per heavy atom. The minimum atomic E-state index is -3.89. The van der Waals surface area contributed by atoms with Crippen LogP contribution in [0.25, 0.3) is 0 Å². The van der Waals surface area contributed by atoms with Gasteiger partial charge in [-0.25, -0.2) is 8.42 Å². The molecule has 1 aromatic rings. The number of alkyl halides is 2. The summed E-state index contributed by atoms with van der Waals surface area (Å²) < 4.78 is 56.3. The number of rotatable bonds is 8. The van der Waals surface area contributed by atoms with Crippen molar-refractivity contribution >= 4 is 10.0 Å². The van der Waals surface area contributed by atoms with E-state index in [0.29, 0.717) is 13.1 Å². The summed E-state index contributed by atoms with van der Waals surface area (Å²) in [6.07, 6.45) is 0. The summed E-state index contributed by atoms with van der Waals surface area (Å²) in [6, 6.07) is 5.49. The molecule has 126 valence electrons. The number of sulfonamides is 1. The smallest absolute Gasteiger partial charge is 0.387 e. The number of halogens is 2. The highest BCUT2D eigenvalue weighted by Gasteiger charge is 2.29. The highest BCUT2D eigenvalue weighted by atomic mass is 32.2. The van der Waals surface area contributed by atoms with Crippen LogP contribution < -0.4 is 4.74 Å². The third-order valence-corrected chi connectivity index (χ3v) is 4.69. The Morgan fingerprint density at radius 3 is 2.00 bits per heavy atom. The van der Waals surface area contributed by atoms with Gasteiger partial charge in [0.05, 0.1) is 0 Å². The molecular weight excluding hydrogens is 312 g/mol. The Bertz CT molecular complexity index is 564. The van der Waals surface area contributed by atoms with E-state index >= 15 is 0 Å². The molecule has 0 saturated carbocycles. The van der Waals surface area contributed by atoms with E-state index in [-0.39, 0.29) is 22.5 Å². The van der Waals surface area contributed by atoms with Gasteiger partial charge in [0.2, 0.25) is 10.0 Å². The van der Waals surface area contributed by atoms with E-state index in [9.17, 15) is 17.2 Å². The molecule has 1 aromatic carbocycles. The van der Waals surface area contributed by atoms with Crippen LogP contribution in [0.4, 0.5) is 8.78 Å². The van der Waals surface area contributed by atoms with Crippen molar-refractivity contribution in [1.29, 1.82) is 0 Å². The fourth-order valence-electron chi connectivity index (χ4n) is 2.08. The third-order valence-electron chi connectivity index (χ3n) is 2.82. The number of benzene rings is 1. The molecule has 0 unspecified atom stereocenters. The molecule has 7 heteroatoms. The summed E-state index contributed by atoms with van der Waals surface area (Å²) >= 11 is 0. The molecule has 1 rings (SSSR count). The molecule has 0 amide bonds. The van der Waals surface area contributed by atoms with E-state index in [1.165, 1.54) is 28.6 Å². The highest BCUT2D eigenvalue weighted by molar-refractivity contribution is 7.89. The topological polar surface area (TPSA) is 46.6 Å². The van der Waals surface area contributed by atoms with E-state index in [0.717, 1.165) is 0 Å². The summed E-state index contributed by atoms with van der Waals surface area (Å²) in [6.45, 7) is 5.21. The summed E-state index contributed by atoms with van der Waals surface area (Å²) in [4.78, 5) is -0.225. The standard InChI is InChI=1S/C15H23F2NO3S/c1-11(2)9-18(10-12(3)4)22(19,20)14-8-6-5-7-13(14)21-15(16)17/h5-8,11-12,15H,9-10H2,1-4H3. The number of hydrogen-bond acceptors (Lipinski definition) is 3. The Labute approximate surface area is 131 Å². The van der Waals surface area contributed by atoms with Gasteiger partial charge < -0.3 is 4.74 Å². The lowest BCUT2D eigenvalue weighted by molar-refractivity contribution is -0.0518. The molecule has 4 nitrogen and oxygen atoms in total. The molecule has 0 radical (unpaired) electrons. The van der Waals surface area contributed by atoms with Gasteiger partial charge in [-0.05, 0) is 24.0 Å². The minimum Gasteiger partial charge on any atom is -0.433 e. The number of nitrogens with zero attached hydrogens (tertiary/aromatic N) is 1. The molecule has 0 fully saturated rings. The van der Waals surface area contributed by atoms with E-state index in [1.54, 1.807) is 0 Å². The lowest BCUT2D eigenvalue weighted by Crippen LogP contribution is -2.37. The maximum absolute atomic E-state index is 12.8. The fraction of sp³-hybridized carbons (Fsp3) is 0.600. The van der Waals surface area contributed by atoms with Crippen molar-refractivity contribution in [2.45, 2.75) is 39.2 Å². The maximum atomic E-state index is 12.8. The van der Waals surface area contributed by atoms with Gasteiger partial charge in [0.15, 0.2) is 0 Å². The Kier molecular flexibility index (Phi) is 6.74. The van der Waals surface area contributed by atoms with Crippen LogP contribution in [0.5, 0.6) is 5.75 Å². The fourth-order valence-corrected chi connectivity index (χ4v) is 3.97. The van der Waals surface area contributed by atoms with Gasteiger partial charge in [0.1, 0.15) is 10.6 Å². The lowest BCUT2D eigenvalue weighted by atomic mass is 10.2. The second-order valence-corrected chi connectivity index (χ2v) is 7.84. The molecule has 0 spiro atoms. The maximum Gasteiger partial charge on any atom is 0.387 e. The molecule has 0 N–H and O–H groups in total. The van der Waals surface area contributed by atoms with Crippen molar-refractivity contribution < 1.29 is 21.9 Å². The van der Waals surface area contributed by atoms with Gasteiger partial charge in [-0.2, -0.15) is 13.1 Å². The average molecular weight is 335 g/mol. The van der Waals surface area contributed by atoms with E-state index < -0.39 is 16.6 Å². The predicted octanol–water partition coefficient (Wildman–Crippen LogP) is 3.59. The van der Waals surface area contributed by atoms with Crippen LogP contribution in [0.2, 0.25) is 0 Å². The van der Waals surface area contributed by atoms with Gasteiger partial charge in [-0.1, -0.05) is 39.8 Å². The van der Waals surface area contributed by atoms with Crippen molar-refractivity contribution in [2.75, 3.05) is 13.1 Å². The molecule has 0 bridgehead atoms. The van der Waals surface area contributed by atoms with Crippen molar-refractivity contribution in [3.05, 3.63) is 24.3 Å². The van der Waals surface area contributed by atoms with Crippen LogP contribution in [-0.4, -0.2) is 32.4 Å². The molecule has 0 aliphatic carbocycles. The Balaban J connectivity index is 3.24. The van der Waals surface area contributed by atoms with Gasteiger partial charge >= 0.3 is 6.61 Å². The molecule has 0 heterocycles. The Morgan fingerprint density at radius 1 is 1.05 bits per heavy atom. The second kappa shape index (κ2) is 7.87. The minimum absolute atomic E-state index is 0.122. The van der Waals surface area contributed by atoms with Crippen molar-refractivity contribution in [3.63, 3.8) is 0 Å². The van der Waals surface area contributed by atoms with Crippen LogP contribution >= 0.6 is 0 Å². The van der Waals surface area contributed by atoms with E-state index in [4.69, 9.17) is 0 Å². The first kappa shape index (κ1) is 18.8. The van der Waals surface area contributed by atoms with Crippen LogP contribution in [0, 0.1) is 11.8 Å². The lowest BCUT2D eigenvalue weighted by Gasteiger charge is -2.26. The average Bonchev–Trinajstić information content (AvgIpc) is 2.36. The largest absolute Gasteiger partial charge is 0.433 e. The van der Waals surface area contributed by atoms with Crippen molar-refractivity contribution in [1.82, 2.24) is 4.31 Å². The number of hydrogen-bond donors (Lipinski definition) is 0. The third kappa shape index (κ3) is 5.21.